The Bertz CT molecular complexity index is 1040. The number of hydrogen-bond donors (Lipinski definition) is 2. The van der Waals surface area contributed by atoms with Crippen LogP contribution in [0.5, 0.6) is 0 Å². The fourth-order valence-electron chi connectivity index (χ4n) is 3.58. The van der Waals surface area contributed by atoms with Crippen LogP contribution >= 0.6 is 12.2 Å². The molecule has 0 fully saturated rings. The Morgan fingerprint density at radius 3 is 2.58 bits per heavy atom. The minimum absolute atomic E-state index is 0.119. The first kappa shape index (κ1) is 22.4. The van der Waals surface area contributed by atoms with E-state index in [1.807, 2.05) is 24.8 Å². The van der Waals surface area contributed by atoms with Gasteiger partial charge in [0.25, 0.3) is 0 Å². The van der Waals surface area contributed by atoms with Crippen molar-refractivity contribution in [2.75, 3.05) is 19.0 Å². The predicted octanol–water partition coefficient (Wildman–Crippen LogP) is 3.71. The van der Waals surface area contributed by atoms with Gasteiger partial charge in [-0.05, 0) is 61.5 Å². The molecule has 0 saturated carbocycles. The standard InChI is InChI=1S/C23H24FN3O3S/c1-4-27-14(2)20(22(29)30-3)21(26-23(27)31)16-6-5-7-18(13-16)25-19(28)12-15-8-10-17(24)11-9-15/h5-11,13,21H,4,12H2,1-3H3,(H,25,28)(H,26,31)/t21-/m0/s1. The topological polar surface area (TPSA) is 70.7 Å². The summed E-state index contributed by atoms with van der Waals surface area (Å²) in [4.78, 5) is 26.8. The smallest absolute Gasteiger partial charge is 0.337 e. The molecule has 1 aliphatic rings. The van der Waals surface area contributed by atoms with Crippen LogP contribution in [-0.2, 0) is 20.7 Å². The van der Waals surface area contributed by atoms with E-state index in [0.29, 0.717) is 28.5 Å². The van der Waals surface area contributed by atoms with Crippen LogP contribution < -0.4 is 10.6 Å². The van der Waals surface area contributed by atoms with Crippen LogP contribution in [0, 0.1) is 5.82 Å². The Labute approximate surface area is 186 Å². The van der Waals surface area contributed by atoms with Gasteiger partial charge in [0, 0.05) is 17.9 Å². The van der Waals surface area contributed by atoms with E-state index in [1.165, 1.54) is 19.2 Å². The minimum Gasteiger partial charge on any atom is -0.466 e. The summed E-state index contributed by atoms with van der Waals surface area (Å²) in [5.41, 5.74) is 3.25. The molecule has 3 rings (SSSR count). The maximum absolute atomic E-state index is 13.1. The molecule has 0 saturated heterocycles. The molecular formula is C23H24FN3O3S. The van der Waals surface area contributed by atoms with Crippen LogP contribution in [0.2, 0.25) is 0 Å². The van der Waals surface area contributed by atoms with Gasteiger partial charge in [-0.25, -0.2) is 9.18 Å². The van der Waals surface area contributed by atoms with E-state index in [1.54, 1.807) is 30.3 Å². The molecule has 2 N–H and O–H groups in total. The normalized spacial score (nSPS) is 16.1. The molecule has 0 aliphatic carbocycles. The van der Waals surface area contributed by atoms with E-state index >= 15 is 0 Å². The number of nitrogens with zero attached hydrogens (tertiary/aromatic N) is 1. The van der Waals surface area contributed by atoms with Gasteiger partial charge in [0.2, 0.25) is 5.91 Å². The first-order valence-electron chi connectivity index (χ1n) is 9.85. The van der Waals surface area contributed by atoms with Crippen molar-refractivity contribution >= 4 is 34.9 Å². The lowest BCUT2D eigenvalue weighted by Gasteiger charge is -2.37. The van der Waals surface area contributed by atoms with Crippen molar-refractivity contribution in [1.29, 1.82) is 0 Å². The zero-order chi connectivity index (χ0) is 22.5. The summed E-state index contributed by atoms with van der Waals surface area (Å²) < 4.78 is 18.1. The summed E-state index contributed by atoms with van der Waals surface area (Å²) in [6.07, 6.45) is 0.119. The van der Waals surface area contributed by atoms with Gasteiger partial charge in [-0.2, -0.15) is 0 Å². The van der Waals surface area contributed by atoms with Crippen LogP contribution in [0.3, 0.4) is 0 Å². The van der Waals surface area contributed by atoms with Crippen molar-refractivity contribution in [2.45, 2.75) is 26.3 Å². The fourth-order valence-corrected chi connectivity index (χ4v) is 3.96. The number of benzene rings is 2. The van der Waals surface area contributed by atoms with E-state index in [2.05, 4.69) is 10.6 Å². The highest BCUT2D eigenvalue weighted by molar-refractivity contribution is 7.80. The molecule has 0 spiro atoms. The predicted molar refractivity (Wildman–Crippen MR) is 121 cm³/mol. The fraction of sp³-hybridized carbons (Fsp3) is 0.261. The third-order valence-corrected chi connectivity index (χ3v) is 5.44. The lowest BCUT2D eigenvalue weighted by molar-refractivity contribution is -0.136. The number of rotatable bonds is 6. The van der Waals surface area contributed by atoms with Crippen LogP contribution in [0.4, 0.5) is 10.1 Å². The number of nitrogens with one attached hydrogen (secondary N) is 2. The SMILES string of the molecule is CCN1C(=S)N[C@@H](c2cccc(NC(=O)Cc3ccc(F)cc3)c2)C(C(=O)OC)=C1C. The summed E-state index contributed by atoms with van der Waals surface area (Å²) in [5.74, 6) is -1.02. The van der Waals surface area contributed by atoms with Crippen LogP contribution in [0.1, 0.15) is 31.0 Å². The first-order valence-corrected chi connectivity index (χ1v) is 10.3. The van der Waals surface area contributed by atoms with Gasteiger partial charge in [-0.3, -0.25) is 4.79 Å². The number of esters is 1. The van der Waals surface area contributed by atoms with Gasteiger partial charge in [0.1, 0.15) is 5.82 Å². The molecule has 0 bridgehead atoms. The molecule has 6 nitrogen and oxygen atoms in total. The molecule has 2 aromatic rings. The third-order valence-electron chi connectivity index (χ3n) is 5.10. The van der Waals surface area contributed by atoms with Crippen LogP contribution in [0.25, 0.3) is 0 Å². The number of halogens is 1. The van der Waals surface area contributed by atoms with Crippen molar-refractivity contribution < 1.29 is 18.7 Å². The largest absolute Gasteiger partial charge is 0.466 e. The molecule has 162 valence electrons. The third kappa shape index (κ3) is 5.08. The summed E-state index contributed by atoms with van der Waals surface area (Å²) in [5, 5.41) is 6.57. The monoisotopic (exact) mass is 441 g/mol. The van der Waals surface area contributed by atoms with Crippen LogP contribution in [-0.4, -0.2) is 35.5 Å². The average molecular weight is 442 g/mol. The number of methoxy groups -OCH3 is 1. The van der Waals surface area contributed by atoms with E-state index in [0.717, 1.165) is 11.3 Å². The van der Waals surface area contributed by atoms with Gasteiger partial charge in [0.05, 0.1) is 25.1 Å². The summed E-state index contributed by atoms with van der Waals surface area (Å²) >= 11 is 5.47. The zero-order valence-electron chi connectivity index (χ0n) is 17.6. The number of hydrogen-bond acceptors (Lipinski definition) is 4. The lowest BCUT2D eigenvalue weighted by Crippen LogP contribution is -2.47. The highest BCUT2D eigenvalue weighted by Crippen LogP contribution is 2.32. The Morgan fingerprint density at radius 1 is 1.23 bits per heavy atom. The van der Waals surface area contributed by atoms with Crippen molar-refractivity contribution in [3.63, 3.8) is 0 Å². The highest BCUT2D eigenvalue weighted by atomic mass is 32.1. The molecule has 1 heterocycles. The van der Waals surface area contributed by atoms with Gasteiger partial charge >= 0.3 is 5.97 Å². The second kappa shape index (κ2) is 9.70. The molecule has 8 heteroatoms. The minimum atomic E-state index is -0.503. The van der Waals surface area contributed by atoms with Gasteiger partial charge in [0.15, 0.2) is 5.11 Å². The molecule has 1 atom stereocenters. The molecule has 0 radical (unpaired) electrons. The molecule has 0 unspecified atom stereocenters. The number of amides is 1. The van der Waals surface area contributed by atoms with E-state index in [9.17, 15) is 14.0 Å². The van der Waals surface area contributed by atoms with Gasteiger partial charge in [-0.15, -0.1) is 0 Å². The average Bonchev–Trinajstić information content (AvgIpc) is 2.75. The molecule has 31 heavy (non-hydrogen) atoms. The Morgan fingerprint density at radius 2 is 1.94 bits per heavy atom. The first-order chi connectivity index (χ1) is 14.8. The second-order valence-electron chi connectivity index (χ2n) is 7.09. The highest BCUT2D eigenvalue weighted by Gasteiger charge is 2.34. The second-order valence-corrected chi connectivity index (χ2v) is 7.48. The molecule has 1 aliphatic heterocycles. The lowest BCUT2D eigenvalue weighted by atomic mass is 9.94. The molecular weight excluding hydrogens is 417 g/mol. The van der Waals surface area contributed by atoms with Crippen molar-refractivity contribution in [3.05, 3.63) is 76.7 Å². The maximum atomic E-state index is 13.1. The molecule has 1 amide bonds. The van der Waals surface area contributed by atoms with E-state index in [4.69, 9.17) is 17.0 Å². The van der Waals surface area contributed by atoms with E-state index < -0.39 is 12.0 Å². The van der Waals surface area contributed by atoms with E-state index in [-0.39, 0.29) is 18.1 Å². The van der Waals surface area contributed by atoms with Crippen molar-refractivity contribution in [1.82, 2.24) is 10.2 Å². The zero-order valence-corrected chi connectivity index (χ0v) is 18.4. The summed E-state index contributed by atoms with van der Waals surface area (Å²) in [7, 11) is 1.34. The summed E-state index contributed by atoms with van der Waals surface area (Å²) in [6, 6.07) is 12.5. The van der Waals surface area contributed by atoms with Crippen molar-refractivity contribution in [2.24, 2.45) is 0 Å². The van der Waals surface area contributed by atoms with Crippen LogP contribution in [0.15, 0.2) is 59.8 Å². The number of carbonyl (C=O) groups excluding carboxylic acids is 2. The quantitative estimate of drug-likeness (QED) is 0.526. The van der Waals surface area contributed by atoms with Gasteiger partial charge in [-0.1, -0.05) is 24.3 Å². The Hall–Kier alpha value is -3.26. The molecule has 0 aromatic heterocycles. The summed E-state index contributed by atoms with van der Waals surface area (Å²) in [6.45, 7) is 4.40. The number of carbonyl (C=O) groups is 2. The number of allylic oxidation sites excluding steroid dienone is 1. The number of anilines is 1. The van der Waals surface area contributed by atoms with Crippen molar-refractivity contribution in [3.8, 4) is 0 Å². The number of thiocarbonyl (C=S) groups is 1. The van der Waals surface area contributed by atoms with Gasteiger partial charge < -0.3 is 20.3 Å². The number of ether oxygens (including phenoxy) is 1. The Balaban J connectivity index is 1.84. The Kier molecular flexibility index (Phi) is 7.02. The molecule has 2 aromatic carbocycles. The maximum Gasteiger partial charge on any atom is 0.337 e.